The van der Waals surface area contributed by atoms with Gasteiger partial charge < -0.3 is 13.5 Å². The summed E-state index contributed by atoms with van der Waals surface area (Å²) in [5.41, 5.74) is 2.89. The summed E-state index contributed by atoms with van der Waals surface area (Å²) < 4.78 is 29.0. The van der Waals surface area contributed by atoms with Crippen LogP contribution in [0.15, 0.2) is 52.9 Å². The van der Waals surface area contributed by atoms with Gasteiger partial charge in [-0.05, 0) is 43.7 Å². The number of aromatic nitrogens is 2. The summed E-state index contributed by atoms with van der Waals surface area (Å²) in [4.78, 5) is 10.7. The molecule has 0 aliphatic rings. The normalized spacial score (nSPS) is 11.5. The van der Waals surface area contributed by atoms with Gasteiger partial charge in [0.25, 0.3) is 0 Å². The van der Waals surface area contributed by atoms with Gasteiger partial charge in [-0.3, -0.25) is 9.36 Å². The maximum atomic E-state index is 12.6. The monoisotopic (exact) mass is 400 g/mol. The summed E-state index contributed by atoms with van der Waals surface area (Å²) in [6, 6.07) is 14.2. The molecule has 2 aromatic carbocycles. The van der Waals surface area contributed by atoms with Crippen molar-refractivity contribution in [2.75, 3.05) is 13.2 Å². The lowest BCUT2D eigenvalue weighted by molar-refractivity contribution is 0.112. The maximum Gasteiger partial charge on any atom is 0.335 e. The van der Waals surface area contributed by atoms with Crippen molar-refractivity contribution >= 4 is 13.9 Å². The molecule has 0 radical (unpaired) electrons. The van der Waals surface area contributed by atoms with Gasteiger partial charge in [-0.25, -0.2) is 0 Å². The number of carbonyl (C=O) groups excluding carboxylic acids is 1. The van der Waals surface area contributed by atoms with E-state index in [0.717, 1.165) is 23.0 Å². The number of carbonyl (C=O) groups is 1. The van der Waals surface area contributed by atoms with Crippen LogP contribution in [0.25, 0.3) is 22.9 Å². The van der Waals surface area contributed by atoms with Gasteiger partial charge >= 0.3 is 7.60 Å². The summed E-state index contributed by atoms with van der Waals surface area (Å²) in [7, 11) is -3.15. The highest BCUT2D eigenvalue weighted by Gasteiger charge is 2.24. The molecule has 1 aromatic heterocycles. The second kappa shape index (κ2) is 9.06. The third kappa shape index (κ3) is 4.81. The Morgan fingerprint density at radius 2 is 1.39 bits per heavy atom. The fourth-order valence-electron chi connectivity index (χ4n) is 2.66. The van der Waals surface area contributed by atoms with E-state index in [0.29, 0.717) is 30.6 Å². The van der Waals surface area contributed by atoms with Gasteiger partial charge in [0, 0.05) is 16.7 Å². The molecule has 0 N–H and O–H groups in total. The van der Waals surface area contributed by atoms with Crippen LogP contribution in [0.1, 0.15) is 29.8 Å². The number of hydrogen-bond acceptors (Lipinski definition) is 7. The van der Waals surface area contributed by atoms with E-state index in [9.17, 15) is 9.36 Å². The van der Waals surface area contributed by atoms with E-state index in [-0.39, 0.29) is 6.16 Å². The Morgan fingerprint density at radius 1 is 0.893 bits per heavy atom. The van der Waals surface area contributed by atoms with Crippen LogP contribution in [-0.2, 0) is 19.8 Å². The third-order valence-electron chi connectivity index (χ3n) is 3.95. The Hall–Kier alpha value is -2.60. The minimum Gasteiger partial charge on any atom is -0.416 e. The van der Waals surface area contributed by atoms with Gasteiger partial charge in [0.1, 0.15) is 6.29 Å². The first kappa shape index (κ1) is 20.1. The van der Waals surface area contributed by atoms with Gasteiger partial charge in [-0.15, -0.1) is 10.2 Å². The standard InChI is InChI=1S/C20H21N2O5P/c1-3-25-28(24,26-4-2)14-16-7-11-18(12-8-16)20-22-21-19(27-20)17-9-5-15(13-23)6-10-17/h5-13H,3-4,14H2,1-2H3. The van der Waals surface area contributed by atoms with Gasteiger partial charge in [0.05, 0.1) is 19.4 Å². The van der Waals surface area contributed by atoms with Crippen LogP contribution in [0.3, 0.4) is 0 Å². The molecular weight excluding hydrogens is 379 g/mol. The van der Waals surface area contributed by atoms with E-state index < -0.39 is 7.60 Å². The number of aldehydes is 1. The van der Waals surface area contributed by atoms with Crippen LogP contribution in [-0.4, -0.2) is 29.7 Å². The summed E-state index contributed by atoms with van der Waals surface area (Å²) >= 11 is 0. The Labute approximate surface area is 163 Å². The molecule has 0 aliphatic heterocycles. The van der Waals surface area contributed by atoms with Crippen molar-refractivity contribution in [2.24, 2.45) is 0 Å². The summed E-state index contributed by atoms with van der Waals surface area (Å²) in [5.74, 6) is 0.743. The van der Waals surface area contributed by atoms with Crippen molar-refractivity contribution in [1.82, 2.24) is 10.2 Å². The fraction of sp³-hybridized carbons (Fsp3) is 0.250. The molecule has 0 atom stereocenters. The van der Waals surface area contributed by atoms with E-state index in [1.165, 1.54) is 0 Å². The van der Waals surface area contributed by atoms with Crippen LogP contribution in [0.4, 0.5) is 0 Å². The first-order chi connectivity index (χ1) is 13.6. The van der Waals surface area contributed by atoms with Crippen molar-refractivity contribution in [3.8, 4) is 22.9 Å². The van der Waals surface area contributed by atoms with Crippen molar-refractivity contribution in [3.05, 3.63) is 59.7 Å². The smallest absolute Gasteiger partial charge is 0.335 e. The summed E-state index contributed by atoms with van der Waals surface area (Å²) in [5, 5.41) is 8.14. The average molecular weight is 400 g/mol. The van der Waals surface area contributed by atoms with E-state index in [2.05, 4.69) is 10.2 Å². The minimum absolute atomic E-state index is 0.202. The summed E-state index contributed by atoms with van der Waals surface area (Å²) in [6.45, 7) is 4.23. The second-order valence-corrected chi connectivity index (χ2v) is 8.01. The number of hydrogen-bond donors (Lipinski definition) is 0. The molecular formula is C20H21N2O5P. The van der Waals surface area contributed by atoms with Crippen molar-refractivity contribution in [2.45, 2.75) is 20.0 Å². The van der Waals surface area contributed by atoms with E-state index >= 15 is 0 Å². The summed E-state index contributed by atoms with van der Waals surface area (Å²) in [6.07, 6.45) is 0.980. The molecule has 0 aliphatic carbocycles. The van der Waals surface area contributed by atoms with Crippen LogP contribution < -0.4 is 0 Å². The van der Waals surface area contributed by atoms with Gasteiger partial charge in [-0.2, -0.15) is 0 Å². The van der Waals surface area contributed by atoms with Crippen molar-refractivity contribution < 1.29 is 22.8 Å². The van der Waals surface area contributed by atoms with Crippen molar-refractivity contribution in [1.29, 1.82) is 0 Å². The molecule has 0 saturated heterocycles. The SMILES string of the molecule is CCOP(=O)(Cc1ccc(-c2nnc(-c3ccc(C=O)cc3)o2)cc1)OCC. The lowest BCUT2D eigenvalue weighted by atomic mass is 10.1. The van der Waals surface area contributed by atoms with E-state index in [4.69, 9.17) is 13.5 Å². The zero-order chi connectivity index (χ0) is 20.0. The molecule has 3 rings (SSSR count). The molecule has 3 aromatic rings. The molecule has 8 heteroatoms. The van der Waals surface area contributed by atoms with Crippen molar-refractivity contribution in [3.63, 3.8) is 0 Å². The zero-order valence-corrected chi connectivity index (χ0v) is 16.6. The topological polar surface area (TPSA) is 91.5 Å². The lowest BCUT2D eigenvalue weighted by Gasteiger charge is -2.16. The van der Waals surface area contributed by atoms with Crippen LogP contribution in [0, 0.1) is 0 Å². The third-order valence-corrected chi connectivity index (χ3v) is 6.00. The van der Waals surface area contributed by atoms with Crippen LogP contribution >= 0.6 is 7.60 Å². The van der Waals surface area contributed by atoms with Crippen LogP contribution in [0.5, 0.6) is 0 Å². The molecule has 0 amide bonds. The average Bonchev–Trinajstić information content (AvgIpc) is 3.19. The highest BCUT2D eigenvalue weighted by Crippen LogP contribution is 2.51. The molecule has 146 valence electrons. The van der Waals surface area contributed by atoms with Gasteiger partial charge in [-0.1, -0.05) is 24.3 Å². The first-order valence-electron chi connectivity index (χ1n) is 8.93. The molecule has 0 bridgehead atoms. The Kier molecular flexibility index (Phi) is 6.52. The predicted octanol–water partition coefficient (Wildman–Crippen LogP) is 4.98. The minimum atomic E-state index is -3.15. The Balaban J connectivity index is 1.75. The predicted molar refractivity (Wildman–Crippen MR) is 105 cm³/mol. The molecule has 0 unspecified atom stereocenters. The molecule has 0 saturated carbocycles. The van der Waals surface area contributed by atoms with Gasteiger partial charge in [0.2, 0.25) is 11.8 Å². The van der Waals surface area contributed by atoms with Gasteiger partial charge in [0.15, 0.2) is 0 Å². The molecule has 0 fully saturated rings. The van der Waals surface area contributed by atoms with E-state index in [1.807, 2.05) is 24.3 Å². The number of nitrogens with zero attached hydrogens (tertiary/aromatic N) is 2. The maximum absolute atomic E-state index is 12.6. The zero-order valence-electron chi connectivity index (χ0n) is 15.7. The number of rotatable bonds is 9. The second-order valence-electron chi connectivity index (χ2n) is 5.95. The lowest BCUT2D eigenvalue weighted by Crippen LogP contribution is -1.99. The largest absolute Gasteiger partial charge is 0.416 e. The molecule has 28 heavy (non-hydrogen) atoms. The van der Waals surface area contributed by atoms with E-state index in [1.54, 1.807) is 38.1 Å². The molecule has 1 heterocycles. The Bertz CT molecular complexity index is 957. The highest BCUT2D eigenvalue weighted by atomic mass is 31.2. The highest BCUT2D eigenvalue weighted by molar-refractivity contribution is 7.53. The first-order valence-corrected chi connectivity index (χ1v) is 10.7. The molecule has 0 spiro atoms. The number of benzene rings is 2. The Morgan fingerprint density at radius 3 is 1.86 bits per heavy atom. The molecule has 7 nitrogen and oxygen atoms in total. The van der Waals surface area contributed by atoms with Crippen LogP contribution in [0.2, 0.25) is 0 Å². The fourth-order valence-corrected chi connectivity index (χ4v) is 4.36. The quantitative estimate of drug-likeness (QED) is 0.369.